The van der Waals surface area contributed by atoms with Crippen LogP contribution in [0.15, 0.2) is 53.4 Å². The molecule has 0 aliphatic rings. The summed E-state index contributed by atoms with van der Waals surface area (Å²) in [5.74, 6) is 1.23. The van der Waals surface area contributed by atoms with Crippen LogP contribution in [0, 0.1) is 5.92 Å². The lowest BCUT2D eigenvalue weighted by Crippen LogP contribution is -2.43. The van der Waals surface area contributed by atoms with Crippen LogP contribution in [0.4, 0.5) is 0 Å². The van der Waals surface area contributed by atoms with Gasteiger partial charge in [-0.1, -0.05) is 31.1 Å². The molecule has 0 saturated carbocycles. The Morgan fingerprint density at radius 3 is 2.73 bits per heavy atom. The standard InChI is InChI=1S/C20H21N7O2.ClH/c1-12(2)18(21)20(28)23-10-17-25-19(26-29-17)13-7-8-16(22-9-13)27-11-24-14-5-3-4-6-15(14)27;/h3-9,11-12,18H,10,21H2,1-2H3,(H,23,28);1H/t18-;/m0./s1. The van der Waals surface area contributed by atoms with E-state index in [0.29, 0.717) is 17.3 Å². The number of nitrogens with two attached hydrogens (primary N) is 1. The molecule has 156 valence electrons. The predicted molar refractivity (Wildman–Crippen MR) is 114 cm³/mol. The van der Waals surface area contributed by atoms with E-state index in [-0.39, 0.29) is 30.8 Å². The number of imidazole rings is 1. The highest BCUT2D eigenvalue weighted by atomic mass is 35.5. The van der Waals surface area contributed by atoms with Gasteiger partial charge in [0.15, 0.2) is 0 Å². The number of hydrogen-bond acceptors (Lipinski definition) is 7. The van der Waals surface area contributed by atoms with Crippen LogP contribution in [0.1, 0.15) is 19.7 Å². The number of fused-ring (bicyclic) bond motifs is 1. The predicted octanol–water partition coefficient (Wildman–Crippen LogP) is 2.49. The lowest BCUT2D eigenvalue weighted by molar-refractivity contribution is -0.123. The molecule has 1 amide bonds. The summed E-state index contributed by atoms with van der Waals surface area (Å²) >= 11 is 0. The van der Waals surface area contributed by atoms with Crippen molar-refractivity contribution in [1.82, 2.24) is 30.0 Å². The molecule has 4 aromatic rings. The molecule has 10 heteroatoms. The molecule has 0 fully saturated rings. The molecule has 0 spiro atoms. The Hall–Kier alpha value is -3.30. The number of rotatable bonds is 6. The first kappa shape index (κ1) is 21.4. The number of para-hydroxylation sites is 2. The van der Waals surface area contributed by atoms with Crippen molar-refractivity contribution in [2.45, 2.75) is 26.4 Å². The second-order valence-electron chi connectivity index (χ2n) is 7.01. The first-order valence-electron chi connectivity index (χ1n) is 9.27. The highest BCUT2D eigenvalue weighted by Crippen LogP contribution is 2.19. The van der Waals surface area contributed by atoms with Crippen molar-refractivity contribution in [3.8, 4) is 17.2 Å². The number of nitrogens with zero attached hydrogens (tertiary/aromatic N) is 5. The lowest BCUT2D eigenvalue weighted by atomic mass is 10.1. The van der Waals surface area contributed by atoms with Gasteiger partial charge < -0.3 is 15.6 Å². The summed E-state index contributed by atoms with van der Waals surface area (Å²) < 4.78 is 7.12. The molecular formula is C20H22ClN7O2. The topological polar surface area (TPSA) is 125 Å². The summed E-state index contributed by atoms with van der Waals surface area (Å²) in [5, 5.41) is 6.66. The third-order valence-corrected chi connectivity index (χ3v) is 4.61. The zero-order chi connectivity index (χ0) is 20.4. The Labute approximate surface area is 179 Å². The molecule has 3 aromatic heterocycles. The highest BCUT2D eigenvalue weighted by Gasteiger charge is 2.18. The number of carbonyl (C=O) groups is 1. The van der Waals surface area contributed by atoms with E-state index >= 15 is 0 Å². The van der Waals surface area contributed by atoms with E-state index in [0.717, 1.165) is 16.9 Å². The van der Waals surface area contributed by atoms with Gasteiger partial charge in [-0.15, -0.1) is 12.4 Å². The Bertz CT molecular complexity index is 1140. The first-order valence-corrected chi connectivity index (χ1v) is 9.27. The van der Waals surface area contributed by atoms with E-state index in [9.17, 15) is 4.79 Å². The molecule has 0 saturated heterocycles. The molecule has 1 aromatic carbocycles. The highest BCUT2D eigenvalue weighted by molar-refractivity contribution is 5.85. The van der Waals surface area contributed by atoms with Crippen molar-refractivity contribution in [3.63, 3.8) is 0 Å². The minimum Gasteiger partial charge on any atom is -0.346 e. The van der Waals surface area contributed by atoms with Gasteiger partial charge in [0, 0.05) is 11.8 Å². The molecule has 0 bridgehead atoms. The fourth-order valence-corrected chi connectivity index (χ4v) is 2.83. The summed E-state index contributed by atoms with van der Waals surface area (Å²) in [5.41, 5.74) is 8.40. The van der Waals surface area contributed by atoms with Crippen LogP contribution in [0.25, 0.3) is 28.2 Å². The third-order valence-electron chi connectivity index (χ3n) is 4.61. The molecule has 3 N–H and O–H groups in total. The van der Waals surface area contributed by atoms with E-state index < -0.39 is 6.04 Å². The maximum atomic E-state index is 11.9. The molecule has 0 aliphatic heterocycles. The molecule has 30 heavy (non-hydrogen) atoms. The SMILES string of the molecule is CC(C)[C@H](N)C(=O)NCc1nc(-c2ccc(-n3cnc4ccccc43)nc2)no1.Cl. The Balaban J connectivity index is 0.00000256. The number of hydrogen-bond donors (Lipinski definition) is 2. The van der Waals surface area contributed by atoms with E-state index in [1.807, 2.05) is 54.8 Å². The average molecular weight is 428 g/mol. The maximum Gasteiger partial charge on any atom is 0.246 e. The van der Waals surface area contributed by atoms with Crippen LogP contribution in [-0.2, 0) is 11.3 Å². The van der Waals surface area contributed by atoms with Crippen LogP contribution >= 0.6 is 12.4 Å². The van der Waals surface area contributed by atoms with E-state index in [4.69, 9.17) is 10.3 Å². The number of aromatic nitrogens is 5. The third kappa shape index (κ3) is 4.32. The van der Waals surface area contributed by atoms with Gasteiger partial charge in [-0.2, -0.15) is 4.98 Å². The Morgan fingerprint density at radius 2 is 2.00 bits per heavy atom. The van der Waals surface area contributed by atoms with E-state index in [2.05, 4.69) is 25.4 Å². The van der Waals surface area contributed by atoms with Crippen LogP contribution in [0.2, 0.25) is 0 Å². The fraction of sp³-hybridized carbons (Fsp3) is 0.250. The van der Waals surface area contributed by atoms with Crippen LogP contribution in [0.5, 0.6) is 0 Å². The lowest BCUT2D eigenvalue weighted by Gasteiger charge is -2.14. The van der Waals surface area contributed by atoms with Crippen LogP contribution < -0.4 is 11.1 Å². The summed E-state index contributed by atoms with van der Waals surface area (Å²) in [4.78, 5) is 25.1. The van der Waals surface area contributed by atoms with Gasteiger partial charge in [0.2, 0.25) is 17.6 Å². The molecule has 0 radical (unpaired) electrons. The summed E-state index contributed by atoms with van der Waals surface area (Å²) in [7, 11) is 0. The van der Waals surface area contributed by atoms with Crippen LogP contribution in [-0.4, -0.2) is 36.6 Å². The van der Waals surface area contributed by atoms with Crippen LogP contribution in [0.3, 0.4) is 0 Å². The minimum atomic E-state index is -0.576. The maximum absolute atomic E-state index is 11.9. The van der Waals surface area contributed by atoms with Crippen molar-refractivity contribution < 1.29 is 9.32 Å². The number of nitrogens with one attached hydrogen (secondary N) is 1. The number of halogens is 1. The van der Waals surface area contributed by atoms with Crippen molar-refractivity contribution in [1.29, 1.82) is 0 Å². The van der Waals surface area contributed by atoms with E-state index in [1.54, 1.807) is 12.5 Å². The van der Waals surface area contributed by atoms with E-state index in [1.165, 1.54) is 0 Å². The van der Waals surface area contributed by atoms with Gasteiger partial charge in [0.25, 0.3) is 0 Å². The van der Waals surface area contributed by atoms with Crippen molar-refractivity contribution in [3.05, 3.63) is 54.8 Å². The van der Waals surface area contributed by atoms with Crippen molar-refractivity contribution >= 4 is 29.3 Å². The van der Waals surface area contributed by atoms with Crippen molar-refractivity contribution in [2.75, 3.05) is 0 Å². The minimum absolute atomic E-state index is 0. The zero-order valence-electron chi connectivity index (χ0n) is 16.5. The summed E-state index contributed by atoms with van der Waals surface area (Å²) in [6.07, 6.45) is 3.41. The number of pyridine rings is 1. The smallest absolute Gasteiger partial charge is 0.246 e. The Kier molecular flexibility index (Phi) is 6.43. The fourth-order valence-electron chi connectivity index (χ4n) is 2.83. The monoisotopic (exact) mass is 427 g/mol. The molecule has 4 rings (SSSR count). The zero-order valence-corrected chi connectivity index (χ0v) is 17.3. The van der Waals surface area contributed by atoms with Gasteiger partial charge in [-0.3, -0.25) is 9.36 Å². The molecular weight excluding hydrogens is 406 g/mol. The molecule has 0 aliphatic carbocycles. The summed E-state index contributed by atoms with van der Waals surface area (Å²) in [6, 6.07) is 11.0. The quantitative estimate of drug-likeness (QED) is 0.484. The molecule has 0 unspecified atom stereocenters. The Morgan fingerprint density at radius 1 is 1.20 bits per heavy atom. The molecule has 1 atom stereocenters. The largest absolute Gasteiger partial charge is 0.346 e. The van der Waals surface area contributed by atoms with Gasteiger partial charge >= 0.3 is 0 Å². The molecule has 9 nitrogen and oxygen atoms in total. The normalized spacial score (nSPS) is 12.0. The number of carbonyl (C=O) groups excluding carboxylic acids is 1. The average Bonchev–Trinajstić information content (AvgIpc) is 3.38. The number of amides is 1. The van der Waals surface area contributed by atoms with Gasteiger partial charge in [-0.05, 0) is 30.2 Å². The number of benzene rings is 1. The van der Waals surface area contributed by atoms with Gasteiger partial charge in [-0.25, -0.2) is 9.97 Å². The van der Waals surface area contributed by atoms with Gasteiger partial charge in [0.1, 0.15) is 12.1 Å². The van der Waals surface area contributed by atoms with Crippen molar-refractivity contribution in [2.24, 2.45) is 11.7 Å². The molecule has 3 heterocycles. The summed E-state index contributed by atoms with van der Waals surface area (Å²) in [6.45, 7) is 3.90. The van der Waals surface area contributed by atoms with Gasteiger partial charge in [0.05, 0.1) is 23.6 Å². The first-order chi connectivity index (χ1) is 14.0. The second-order valence-corrected chi connectivity index (χ2v) is 7.01. The second kappa shape index (κ2) is 9.02.